The van der Waals surface area contributed by atoms with Crippen LogP contribution in [0.1, 0.15) is 44.6 Å². The number of hydrogen-bond acceptors (Lipinski definition) is 2. The predicted octanol–water partition coefficient (Wildman–Crippen LogP) is 4.87. The summed E-state index contributed by atoms with van der Waals surface area (Å²) in [6.45, 7) is 3.21. The van der Waals surface area contributed by atoms with Gasteiger partial charge in [-0.25, -0.2) is 0 Å². The molecule has 116 valence electrons. The van der Waals surface area contributed by atoms with Gasteiger partial charge in [-0.1, -0.05) is 24.6 Å². The lowest BCUT2D eigenvalue weighted by atomic mass is 9.92. The Balaban J connectivity index is 2.01. The lowest BCUT2D eigenvalue weighted by Gasteiger charge is -2.22. The van der Waals surface area contributed by atoms with Gasteiger partial charge in [0.1, 0.15) is 5.75 Å². The second-order valence-corrected chi connectivity index (χ2v) is 6.59. The summed E-state index contributed by atoms with van der Waals surface area (Å²) in [5.74, 6) is 0.897. The van der Waals surface area contributed by atoms with Crippen molar-refractivity contribution in [2.24, 2.45) is 0 Å². The van der Waals surface area contributed by atoms with Gasteiger partial charge < -0.3 is 10.1 Å². The molecule has 1 atom stereocenters. The second-order valence-electron chi connectivity index (χ2n) is 5.74. The third-order valence-corrected chi connectivity index (χ3v) is 4.70. The summed E-state index contributed by atoms with van der Waals surface area (Å²) < 4.78 is 6.34. The summed E-state index contributed by atoms with van der Waals surface area (Å²) in [4.78, 5) is 0. The fourth-order valence-corrected chi connectivity index (χ4v) is 3.62. The van der Waals surface area contributed by atoms with E-state index in [1.165, 1.54) is 37.7 Å². The van der Waals surface area contributed by atoms with Crippen molar-refractivity contribution in [2.75, 3.05) is 13.7 Å². The summed E-state index contributed by atoms with van der Waals surface area (Å²) in [6, 6.07) is 6.92. The van der Waals surface area contributed by atoms with E-state index in [1.54, 1.807) is 12.7 Å². The Morgan fingerprint density at radius 1 is 1.29 bits per heavy atom. The highest BCUT2D eigenvalue weighted by Crippen LogP contribution is 2.27. The van der Waals surface area contributed by atoms with Gasteiger partial charge in [-0.05, 0) is 78.7 Å². The van der Waals surface area contributed by atoms with Gasteiger partial charge in [-0.3, -0.25) is 0 Å². The van der Waals surface area contributed by atoms with Crippen molar-refractivity contribution in [3.8, 4) is 5.75 Å². The summed E-state index contributed by atoms with van der Waals surface area (Å²) >= 11 is 3.58. The van der Waals surface area contributed by atoms with E-state index in [0.717, 1.165) is 23.2 Å². The number of ether oxygens (including phenoxy) is 1. The van der Waals surface area contributed by atoms with Gasteiger partial charge in [0.2, 0.25) is 0 Å². The van der Waals surface area contributed by atoms with Gasteiger partial charge in [-0.2, -0.15) is 0 Å². The Bertz CT molecular complexity index is 484. The third kappa shape index (κ3) is 5.15. The molecule has 0 aliphatic heterocycles. The number of benzene rings is 1. The molecule has 0 saturated heterocycles. The SMILES string of the molecule is CCNC(CC1=CCCCC1)Cc1ccc(OC)c(Br)c1. The van der Waals surface area contributed by atoms with Crippen LogP contribution in [-0.2, 0) is 6.42 Å². The number of allylic oxidation sites excluding steroid dienone is 1. The van der Waals surface area contributed by atoms with Crippen LogP contribution in [0.3, 0.4) is 0 Å². The third-order valence-electron chi connectivity index (χ3n) is 4.08. The van der Waals surface area contributed by atoms with E-state index in [2.05, 4.69) is 46.4 Å². The van der Waals surface area contributed by atoms with E-state index in [1.807, 2.05) is 6.07 Å². The molecule has 1 aliphatic rings. The molecule has 0 aromatic heterocycles. The van der Waals surface area contributed by atoms with Gasteiger partial charge >= 0.3 is 0 Å². The molecule has 1 aromatic carbocycles. The van der Waals surface area contributed by atoms with Crippen LogP contribution in [0.5, 0.6) is 5.75 Å². The molecule has 0 fully saturated rings. The zero-order valence-electron chi connectivity index (χ0n) is 13.1. The molecule has 1 N–H and O–H groups in total. The summed E-state index contributed by atoms with van der Waals surface area (Å²) in [5, 5.41) is 3.64. The summed E-state index contributed by atoms with van der Waals surface area (Å²) in [5.41, 5.74) is 2.99. The minimum absolute atomic E-state index is 0.527. The molecule has 0 spiro atoms. The summed E-state index contributed by atoms with van der Waals surface area (Å²) in [7, 11) is 1.71. The van der Waals surface area contributed by atoms with Crippen molar-refractivity contribution in [2.45, 2.75) is 51.5 Å². The lowest BCUT2D eigenvalue weighted by Crippen LogP contribution is -2.31. The monoisotopic (exact) mass is 351 g/mol. The second kappa shape index (κ2) is 8.60. The predicted molar refractivity (Wildman–Crippen MR) is 93.0 cm³/mol. The standard InChI is InChI=1S/C18H26BrNO/c1-3-20-16(11-14-7-5-4-6-8-14)12-15-9-10-18(21-2)17(19)13-15/h7,9-10,13,16,20H,3-6,8,11-12H2,1-2H3. The topological polar surface area (TPSA) is 21.3 Å². The molecule has 1 unspecified atom stereocenters. The molecule has 1 aromatic rings. The van der Waals surface area contributed by atoms with Crippen LogP contribution in [0.25, 0.3) is 0 Å². The Morgan fingerprint density at radius 3 is 2.76 bits per heavy atom. The van der Waals surface area contributed by atoms with Crippen LogP contribution in [0.15, 0.2) is 34.3 Å². The fourth-order valence-electron chi connectivity index (χ4n) is 3.03. The molecule has 2 rings (SSSR count). The Morgan fingerprint density at radius 2 is 2.14 bits per heavy atom. The lowest BCUT2D eigenvalue weighted by molar-refractivity contribution is 0.411. The highest BCUT2D eigenvalue weighted by Gasteiger charge is 2.13. The molecule has 0 saturated carbocycles. The molecule has 21 heavy (non-hydrogen) atoms. The Hall–Kier alpha value is -0.800. The van der Waals surface area contributed by atoms with Crippen molar-refractivity contribution >= 4 is 15.9 Å². The average molecular weight is 352 g/mol. The van der Waals surface area contributed by atoms with Gasteiger partial charge in [0.05, 0.1) is 11.6 Å². The largest absolute Gasteiger partial charge is 0.496 e. The van der Waals surface area contributed by atoms with Crippen LogP contribution >= 0.6 is 15.9 Å². The molecule has 2 nitrogen and oxygen atoms in total. The van der Waals surface area contributed by atoms with E-state index in [-0.39, 0.29) is 0 Å². The van der Waals surface area contributed by atoms with E-state index in [0.29, 0.717) is 6.04 Å². The first-order chi connectivity index (χ1) is 10.2. The Kier molecular flexibility index (Phi) is 6.78. The maximum absolute atomic E-state index is 5.30. The van der Waals surface area contributed by atoms with Crippen molar-refractivity contribution in [1.82, 2.24) is 5.32 Å². The quantitative estimate of drug-likeness (QED) is 0.707. The molecular formula is C18H26BrNO. The zero-order valence-corrected chi connectivity index (χ0v) is 14.7. The molecule has 0 amide bonds. The maximum Gasteiger partial charge on any atom is 0.133 e. The normalized spacial score (nSPS) is 16.4. The number of halogens is 1. The highest BCUT2D eigenvalue weighted by atomic mass is 79.9. The Labute approximate surface area is 137 Å². The van der Waals surface area contributed by atoms with Crippen molar-refractivity contribution in [3.05, 3.63) is 39.9 Å². The highest BCUT2D eigenvalue weighted by molar-refractivity contribution is 9.10. The van der Waals surface area contributed by atoms with Crippen LogP contribution in [0, 0.1) is 0 Å². The molecule has 0 bridgehead atoms. The van der Waals surface area contributed by atoms with E-state index in [4.69, 9.17) is 4.74 Å². The molecular weight excluding hydrogens is 326 g/mol. The van der Waals surface area contributed by atoms with Gasteiger partial charge in [-0.15, -0.1) is 0 Å². The molecule has 1 aliphatic carbocycles. The van der Waals surface area contributed by atoms with Crippen LogP contribution < -0.4 is 10.1 Å². The van der Waals surface area contributed by atoms with Crippen molar-refractivity contribution in [1.29, 1.82) is 0 Å². The molecule has 3 heteroatoms. The fraction of sp³-hybridized carbons (Fsp3) is 0.556. The van der Waals surface area contributed by atoms with Crippen LogP contribution in [0.4, 0.5) is 0 Å². The van der Waals surface area contributed by atoms with Crippen LogP contribution in [0.2, 0.25) is 0 Å². The van der Waals surface area contributed by atoms with Gasteiger partial charge in [0.25, 0.3) is 0 Å². The number of rotatable bonds is 7. The smallest absolute Gasteiger partial charge is 0.133 e. The molecule has 0 heterocycles. The summed E-state index contributed by atoms with van der Waals surface area (Å²) in [6.07, 6.45) is 9.97. The first kappa shape index (κ1) is 16.6. The van der Waals surface area contributed by atoms with Gasteiger partial charge in [0.15, 0.2) is 0 Å². The average Bonchev–Trinajstić information content (AvgIpc) is 2.49. The maximum atomic E-state index is 5.30. The first-order valence-corrected chi connectivity index (χ1v) is 8.76. The number of nitrogens with one attached hydrogen (secondary N) is 1. The van der Waals surface area contributed by atoms with E-state index >= 15 is 0 Å². The first-order valence-electron chi connectivity index (χ1n) is 7.96. The zero-order chi connectivity index (χ0) is 15.1. The van der Waals surface area contributed by atoms with Gasteiger partial charge in [0, 0.05) is 6.04 Å². The molecule has 0 radical (unpaired) electrons. The van der Waals surface area contributed by atoms with Crippen LogP contribution in [-0.4, -0.2) is 19.7 Å². The van der Waals surface area contributed by atoms with Crippen molar-refractivity contribution < 1.29 is 4.74 Å². The number of methoxy groups -OCH3 is 1. The van der Waals surface area contributed by atoms with E-state index in [9.17, 15) is 0 Å². The number of hydrogen-bond donors (Lipinski definition) is 1. The van der Waals surface area contributed by atoms with E-state index < -0.39 is 0 Å². The number of likely N-dealkylation sites (N-methyl/N-ethyl adjacent to an activating group) is 1. The minimum atomic E-state index is 0.527. The minimum Gasteiger partial charge on any atom is -0.496 e. The van der Waals surface area contributed by atoms with Crippen molar-refractivity contribution in [3.63, 3.8) is 0 Å².